The molecule has 0 fully saturated rings. The largest absolute Gasteiger partial charge is 0.507 e. The average Bonchev–Trinajstić information content (AvgIpc) is 3.46. The Balaban J connectivity index is 1.87. The van der Waals surface area contributed by atoms with Gasteiger partial charge in [-0.05, 0) is 76.8 Å². The van der Waals surface area contributed by atoms with Crippen molar-refractivity contribution in [3.05, 3.63) is 107 Å². The number of amidine groups is 1. The zero-order valence-corrected chi connectivity index (χ0v) is 24.7. The van der Waals surface area contributed by atoms with E-state index in [-0.39, 0.29) is 30.1 Å². The van der Waals surface area contributed by atoms with Crippen molar-refractivity contribution in [2.24, 2.45) is 0 Å². The van der Waals surface area contributed by atoms with Crippen molar-refractivity contribution < 1.29 is 9.22 Å². The molecular formula is C35H44N4O. The molecule has 4 rings (SSSR count). The summed E-state index contributed by atoms with van der Waals surface area (Å²) in [4.78, 5) is 5.17. The minimum absolute atomic E-state index is 0.0566. The van der Waals surface area contributed by atoms with Crippen LogP contribution in [0.25, 0.3) is 5.57 Å². The molecule has 3 aromatic rings. The summed E-state index contributed by atoms with van der Waals surface area (Å²) in [7, 11) is 0. The number of hydrogen-bond donors (Lipinski definition) is 2. The first-order valence-corrected chi connectivity index (χ1v) is 14.0. The van der Waals surface area contributed by atoms with Crippen molar-refractivity contribution in [2.75, 3.05) is 23.4 Å². The molecule has 0 unspecified atom stereocenters. The molecule has 0 spiro atoms. The molecule has 0 saturated carbocycles. The maximum absolute atomic E-state index is 10.8. The lowest BCUT2D eigenvalue weighted by Crippen LogP contribution is -2.29. The highest BCUT2D eigenvalue weighted by Crippen LogP contribution is 2.40. The Morgan fingerprint density at radius 2 is 1.60 bits per heavy atom. The van der Waals surface area contributed by atoms with Crippen LogP contribution in [0.4, 0.5) is 11.4 Å². The fourth-order valence-electron chi connectivity index (χ4n) is 5.03. The van der Waals surface area contributed by atoms with E-state index >= 15 is 0 Å². The van der Waals surface area contributed by atoms with Gasteiger partial charge in [-0.1, -0.05) is 77.9 Å². The van der Waals surface area contributed by atoms with Crippen LogP contribution < -0.4 is 9.80 Å². The average molecular weight is 540 g/mol. The van der Waals surface area contributed by atoms with E-state index in [1.807, 2.05) is 53.3 Å². The molecule has 0 atom stereocenters. The van der Waals surface area contributed by atoms with Crippen molar-refractivity contribution in [2.45, 2.75) is 66.2 Å². The first-order chi connectivity index (χ1) is 20.2. The normalized spacial score (nSPS) is 15.2. The van der Waals surface area contributed by atoms with Crippen LogP contribution in [-0.4, -0.2) is 29.5 Å². The molecule has 0 radical (unpaired) electrons. The number of benzene rings is 3. The van der Waals surface area contributed by atoms with Crippen LogP contribution >= 0.6 is 0 Å². The Morgan fingerprint density at radius 3 is 2.17 bits per heavy atom. The van der Waals surface area contributed by atoms with Crippen LogP contribution in [0.15, 0.2) is 79.3 Å². The fraction of sp³-hybridized carbons (Fsp3) is 0.343. The van der Waals surface area contributed by atoms with Gasteiger partial charge in [0.05, 0.1) is 17.9 Å². The monoisotopic (exact) mass is 539 g/mol. The third kappa shape index (κ3) is 6.09. The summed E-state index contributed by atoms with van der Waals surface area (Å²) in [6.45, 7) is 13.2. The standard InChI is InChI=1S/C35H44N4O/c1-23(2)28-19-31(24(3)4)34(32(20-28)25(5)6)39(35(36)30-14-9-10-15-33(30)40)21-26(7)27-12-11-13-29(18-27)38-17-16-37(8)22-38/h9-21,23-25,36,40H,22H2,1-8H3/b26-21+,36-35?/i8D3. The van der Waals surface area contributed by atoms with Gasteiger partial charge in [-0.15, -0.1) is 0 Å². The number of nitrogens with one attached hydrogen (secondary N) is 1. The fourth-order valence-corrected chi connectivity index (χ4v) is 5.03. The molecule has 1 heterocycles. The smallest absolute Gasteiger partial charge is 0.140 e. The van der Waals surface area contributed by atoms with Gasteiger partial charge < -0.3 is 19.8 Å². The van der Waals surface area contributed by atoms with Crippen molar-refractivity contribution in [3.63, 3.8) is 0 Å². The molecule has 1 aliphatic heterocycles. The molecule has 0 aliphatic carbocycles. The first kappa shape index (κ1) is 25.0. The van der Waals surface area contributed by atoms with Crippen LogP contribution in [0.3, 0.4) is 0 Å². The second-order valence-corrected chi connectivity index (χ2v) is 11.5. The van der Waals surface area contributed by atoms with E-state index in [0.717, 1.165) is 33.6 Å². The van der Waals surface area contributed by atoms with Gasteiger partial charge in [-0.3, -0.25) is 5.41 Å². The van der Waals surface area contributed by atoms with E-state index in [4.69, 9.17) is 4.11 Å². The van der Waals surface area contributed by atoms with Gasteiger partial charge in [0, 0.05) is 35.4 Å². The van der Waals surface area contributed by atoms with Crippen molar-refractivity contribution in [1.82, 2.24) is 4.90 Å². The molecule has 0 bridgehead atoms. The van der Waals surface area contributed by atoms with Gasteiger partial charge in [0.2, 0.25) is 0 Å². The van der Waals surface area contributed by atoms with Crippen molar-refractivity contribution >= 4 is 22.8 Å². The lowest BCUT2D eigenvalue weighted by atomic mass is 9.86. The zero-order chi connectivity index (χ0) is 31.6. The summed E-state index contributed by atoms with van der Waals surface area (Å²) in [6, 6.07) is 19.5. The van der Waals surface area contributed by atoms with Crippen LogP contribution in [0.5, 0.6) is 5.75 Å². The maximum Gasteiger partial charge on any atom is 0.140 e. The SMILES string of the molecule is [2H]C([2H])([2H])N1C=CN(c2cccc(/C(C)=C/N(C(=N)c3ccccc3O)c3c(C(C)C)cc(C(C)C)cc3C(C)C)c2)C1. The second kappa shape index (κ2) is 12.0. The van der Waals surface area contributed by atoms with Gasteiger partial charge in [0.25, 0.3) is 0 Å². The minimum Gasteiger partial charge on any atom is -0.507 e. The maximum atomic E-state index is 10.8. The van der Waals surface area contributed by atoms with E-state index in [0.29, 0.717) is 11.5 Å². The molecule has 3 aromatic carbocycles. The topological polar surface area (TPSA) is 53.8 Å². The Kier molecular flexibility index (Phi) is 7.52. The predicted octanol–water partition coefficient (Wildman–Crippen LogP) is 8.84. The molecule has 1 aliphatic rings. The lowest BCUT2D eigenvalue weighted by Gasteiger charge is -2.31. The molecule has 40 heavy (non-hydrogen) atoms. The van der Waals surface area contributed by atoms with Crippen LogP contribution in [-0.2, 0) is 0 Å². The summed E-state index contributed by atoms with van der Waals surface area (Å²) in [5.74, 6) is 1.000. The number of nitrogens with zero attached hydrogens (tertiary/aromatic N) is 3. The van der Waals surface area contributed by atoms with Crippen LogP contribution in [0.2, 0.25) is 0 Å². The highest BCUT2D eigenvalue weighted by molar-refractivity contribution is 6.12. The number of hydrogen-bond acceptors (Lipinski definition) is 4. The number of allylic oxidation sites excluding steroid dienone is 1. The summed E-state index contributed by atoms with van der Waals surface area (Å²) in [5, 5.41) is 20.2. The molecule has 0 amide bonds. The molecule has 0 aromatic heterocycles. The number of anilines is 2. The minimum atomic E-state index is -2.20. The second-order valence-electron chi connectivity index (χ2n) is 11.5. The third-order valence-corrected chi connectivity index (χ3v) is 7.43. The zero-order valence-electron chi connectivity index (χ0n) is 27.7. The van der Waals surface area contributed by atoms with Gasteiger partial charge >= 0.3 is 0 Å². The van der Waals surface area contributed by atoms with E-state index in [1.165, 1.54) is 10.5 Å². The Bertz CT molecular complexity index is 1510. The molecular weight excluding hydrogens is 492 g/mol. The number of aromatic hydroxyl groups is 1. The van der Waals surface area contributed by atoms with Crippen molar-refractivity contribution in [3.8, 4) is 5.75 Å². The van der Waals surface area contributed by atoms with Crippen molar-refractivity contribution in [1.29, 1.82) is 5.41 Å². The Labute approximate surface area is 244 Å². The van der Waals surface area contributed by atoms with E-state index < -0.39 is 6.98 Å². The lowest BCUT2D eigenvalue weighted by molar-refractivity contribution is 0.474. The number of rotatable bonds is 8. The van der Waals surface area contributed by atoms with Crippen LogP contribution in [0.1, 0.15) is 98.1 Å². The Hall–Kier alpha value is -3.99. The Morgan fingerprint density at radius 1 is 0.925 bits per heavy atom. The summed E-state index contributed by atoms with van der Waals surface area (Å²) in [6.07, 6.45) is 5.37. The number of phenols is 1. The van der Waals surface area contributed by atoms with Gasteiger partial charge in [0.1, 0.15) is 11.6 Å². The molecule has 5 nitrogen and oxygen atoms in total. The van der Waals surface area contributed by atoms with Gasteiger partial charge in [0.15, 0.2) is 0 Å². The third-order valence-electron chi connectivity index (χ3n) is 7.43. The molecule has 0 saturated heterocycles. The number of para-hydroxylation sites is 1. The van der Waals surface area contributed by atoms with Gasteiger partial charge in [-0.2, -0.15) is 0 Å². The first-order valence-electron chi connectivity index (χ1n) is 15.5. The predicted molar refractivity (Wildman–Crippen MR) is 170 cm³/mol. The van der Waals surface area contributed by atoms with E-state index in [1.54, 1.807) is 30.6 Å². The summed E-state index contributed by atoms with van der Waals surface area (Å²) < 4.78 is 23.2. The van der Waals surface area contributed by atoms with E-state index in [2.05, 4.69) is 53.7 Å². The molecule has 210 valence electrons. The van der Waals surface area contributed by atoms with Crippen LogP contribution in [0, 0.1) is 5.41 Å². The quantitative estimate of drug-likeness (QED) is 0.222. The summed E-state index contributed by atoms with van der Waals surface area (Å²) in [5.41, 5.74) is 7.74. The van der Waals surface area contributed by atoms with Gasteiger partial charge in [-0.25, -0.2) is 0 Å². The highest BCUT2D eigenvalue weighted by Gasteiger charge is 2.25. The molecule has 2 N–H and O–H groups in total. The molecule has 5 heteroatoms. The van der Waals surface area contributed by atoms with E-state index in [9.17, 15) is 10.5 Å². The summed E-state index contributed by atoms with van der Waals surface area (Å²) >= 11 is 0. The highest BCUT2D eigenvalue weighted by atomic mass is 16.3. The number of phenolic OH excluding ortho intramolecular Hbond substituents is 1.